The highest BCUT2D eigenvalue weighted by Crippen LogP contribution is 2.31. The van der Waals surface area contributed by atoms with Gasteiger partial charge in [0.2, 0.25) is 0 Å². The third-order valence-corrected chi connectivity index (χ3v) is 3.72. The number of anilines is 1. The molecule has 2 N–H and O–H groups in total. The summed E-state index contributed by atoms with van der Waals surface area (Å²) < 4.78 is 6.06. The summed E-state index contributed by atoms with van der Waals surface area (Å²) in [6.45, 7) is 2.01. The van der Waals surface area contributed by atoms with E-state index < -0.39 is 0 Å². The fourth-order valence-electron chi connectivity index (χ4n) is 2.35. The first-order chi connectivity index (χ1) is 8.16. The fraction of sp³-hybridized carbons (Fsp3) is 0.571. The summed E-state index contributed by atoms with van der Waals surface area (Å²) in [5, 5.41) is 0.583. The van der Waals surface area contributed by atoms with E-state index in [-0.39, 0.29) is 0 Å². The molecule has 0 atom stereocenters. The lowest BCUT2D eigenvalue weighted by molar-refractivity contribution is 0.182. The van der Waals surface area contributed by atoms with Crippen molar-refractivity contribution < 1.29 is 4.74 Å². The summed E-state index contributed by atoms with van der Waals surface area (Å²) >= 11 is 6.03. The quantitative estimate of drug-likeness (QED) is 0.629. The summed E-state index contributed by atoms with van der Waals surface area (Å²) in [5.74, 6) is 0.885. The van der Waals surface area contributed by atoms with Crippen molar-refractivity contribution in [2.75, 3.05) is 5.73 Å². The molecule has 2 nitrogen and oxygen atoms in total. The zero-order valence-corrected chi connectivity index (χ0v) is 11.1. The molecule has 0 heterocycles. The van der Waals surface area contributed by atoms with Crippen LogP contribution in [0.15, 0.2) is 12.1 Å². The van der Waals surface area contributed by atoms with E-state index in [0.29, 0.717) is 16.8 Å². The molecule has 1 aromatic rings. The number of halogens is 1. The lowest BCUT2D eigenvalue weighted by Crippen LogP contribution is -2.15. The van der Waals surface area contributed by atoms with Crippen LogP contribution in [0.25, 0.3) is 0 Å². The zero-order valence-electron chi connectivity index (χ0n) is 10.3. The maximum atomic E-state index is 6.06. The molecule has 0 spiro atoms. The minimum atomic E-state index is 0.343. The molecule has 0 bridgehead atoms. The molecule has 1 aliphatic carbocycles. The molecule has 1 fully saturated rings. The van der Waals surface area contributed by atoms with Crippen molar-refractivity contribution >= 4 is 17.3 Å². The van der Waals surface area contributed by atoms with Crippen LogP contribution in [0.4, 0.5) is 5.69 Å². The Hall–Kier alpha value is -0.890. The van der Waals surface area contributed by atoms with Crippen LogP contribution in [0.2, 0.25) is 5.02 Å². The second-order valence-corrected chi connectivity index (χ2v) is 5.28. The number of hydrogen-bond donors (Lipinski definition) is 1. The molecule has 2 rings (SSSR count). The summed E-state index contributed by atoms with van der Waals surface area (Å²) in [5.41, 5.74) is 7.45. The van der Waals surface area contributed by atoms with Gasteiger partial charge < -0.3 is 10.5 Å². The maximum Gasteiger partial charge on any atom is 0.124 e. The minimum Gasteiger partial charge on any atom is -0.490 e. The van der Waals surface area contributed by atoms with E-state index in [1.165, 1.54) is 25.7 Å². The fourth-order valence-corrected chi connectivity index (χ4v) is 2.51. The van der Waals surface area contributed by atoms with Gasteiger partial charge >= 0.3 is 0 Å². The molecule has 3 heteroatoms. The van der Waals surface area contributed by atoms with Crippen molar-refractivity contribution in [3.63, 3.8) is 0 Å². The van der Waals surface area contributed by atoms with Gasteiger partial charge in [0, 0.05) is 6.07 Å². The third kappa shape index (κ3) is 3.29. The summed E-state index contributed by atoms with van der Waals surface area (Å²) in [7, 11) is 0. The van der Waals surface area contributed by atoms with Crippen molar-refractivity contribution in [1.29, 1.82) is 0 Å². The Bertz CT molecular complexity index is 384. The largest absolute Gasteiger partial charge is 0.490 e. The first-order valence-corrected chi connectivity index (χ1v) is 6.77. The van der Waals surface area contributed by atoms with Gasteiger partial charge in [0.25, 0.3) is 0 Å². The van der Waals surface area contributed by atoms with E-state index in [2.05, 4.69) is 0 Å². The highest BCUT2D eigenvalue weighted by Gasteiger charge is 2.15. The van der Waals surface area contributed by atoms with Crippen molar-refractivity contribution in [2.45, 2.75) is 51.6 Å². The molecule has 94 valence electrons. The number of ether oxygens (including phenoxy) is 1. The van der Waals surface area contributed by atoms with Crippen LogP contribution >= 0.6 is 11.6 Å². The molecule has 0 aliphatic heterocycles. The molecule has 1 aliphatic rings. The first kappa shape index (κ1) is 12.6. The monoisotopic (exact) mass is 253 g/mol. The molecule has 0 saturated heterocycles. The van der Waals surface area contributed by atoms with Gasteiger partial charge in [0.15, 0.2) is 0 Å². The van der Waals surface area contributed by atoms with E-state index in [9.17, 15) is 0 Å². The van der Waals surface area contributed by atoms with Gasteiger partial charge in [-0.25, -0.2) is 0 Å². The number of aryl methyl sites for hydroxylation is 1. The normalized spacial score (nSPS) is 17.8. The Morgan fingerprint density at radius 2 is 1.82 bits per heavy atom. The molecule has 0 amide bonds. The average Bonchev–Trinajstić information content (AvgIpc) is 2.54. The standard InChI is InChI=1S/C14H20ClNO/c1-10-8-13(16)12(15)9-14(10)17-11-6-4-2-3-5-7-11/h8-9,11H,2-7,16H2,1H3. The predicted octanol–water partition coefficient (Wildman–Crippen LogP) is 4.33. The van der Waals surface area contributed by atoms with Gasteiger partial charge in [-0.1, -0.05) is 24.4 Å². The van der Waals surface area contributed by atoms with Crippen LogP contribution in [0.1, 0.15) is 44.1 Å². The van der Waals surface area contributed by atoms with Gasteiger partial charge in [-0.05, 0) is 44.2 Å². The second kappa shape index (κ2) is 5.63. The highest BCUT2D eigenvalue weighted by molar-refractivity contribution is 6.33. The molecule has 0 unspecified atom stereocenters. The van der Waals surface area contributed by atoms with E-state index in [1.807, 2.05) is 19.1 Å². The summed E-state index contributed by atoms with van der Waals surface area (Å²) in [6, 6.07) is 3.73. The van der Waals surface area contributed by atoms with Crippen LogP contribution in [0.5, 0.6) is 5.75 Å². The van der Waals surface area contributed by atoms with Crippen molar-refractivity contribution in [2.24, 2.45) is 0 Å². The third-order valence-electron chi connectivity index (χ3n) is 3.39. The Morgan fingerprint density at radius 1 is 1.18 bits per heavy atom. The van der Waals surface area contributed by atoms with Gasteiger partial charge in [-0.2, -0.15) is 0 Å². The topological polar surface area (TPSA) is 35.2 Å². The molecular formula is C14H20ClNO. The number of nitrogens with two attached hydrogens (primary N) is 1. The van der Waals surface area contributed by atoms with Crippen molar-refractivity contribution in [1.82, 2.24) is 0 Å². The number of benzene rings is 1. The minimum absolute atomic E-state index is 0.343. The Balaban J connectivity index is 2.09. The molecule has 0 radical (unpaired) electrons. The van der Waals surface area contributed by atoms with E-state index in [0.717, 1.165) is 24.2 Å². The van der Waals surface area contributed by atoms with Crippen LogP contribution < -0.4 is 10.5 Å². The summed E-state index contributed by atoms with van der Waals surface area (Å²) in [4.78, 5) is 0. The Morgan fingerprint density at radius 3 is 2.47 bits per heavy atom. The summed E-state index contributed by atoms with van der Waals surface area (Å²) in [6.07, 6.45) is 7.86. The van der Waals surface area contributed by atoms with Gasteiger partial charge in [-0.3, -0.25) is 0 Å². The molecule has 0 aromatic heterocycles. The van der Waals surface area contributed by atoms with Gasteiger partial charge in [0.05, 0.1) is 16.8 Å². The average molecular weight is 254 g/mol. The molecule has 1 aromatic carbocycles. The number of hydrogen-bond acceptors (Lipinski definition) is 2. The van der Waals surface area contributed by atoms with Crippen LogP contribution in [0.3, 0.4) is 0 Å². The Kier molecular flexibility index (Phi) is 4.16. The predicted molar refractivity (Wildman–Crippen MR) is 72.7 cm³/mol. The van der Waals surface area contributed by atoms with Crippen LogP contribution in [-0.4, -0.2) is 6.10 Å². The van der Waals surface area contributed by atoms with E-state index >= 15 is 0 Å². The van der Waals surface area contributed by atoms with E-state index in [4.69, 9.17) is 22.1 Å². The smallest absolute Gasteiger partial charge is 0.124 e. The first-order valence-electron chi connectivity index (χ1n) is 6.39. The lowest BCUT2D eigenvalue weighted by atomic mass is 10.1. The maximum absolute atomic E-state index is 6.06. The van der Waals surface area contributed by atoms with E-state index in [1.54, 1.807) is 0 Å². The zero-order chi connectivity index (χ0) is 12.3. The number of rotatable bonds is 2. The number of nitrogen functional groups attached to an aromatic ring is 1. The molecule has 17 heavy (non-hydrogen) atoms. The highest BCUT2D eigenvalue weighted by atomic mass is 35.5. The second-order valence-electron chi connectivity index (χ2n) is 4.87. The molecular weight excluding hydrogens is 234 g/mol. The Labute approximate surface area is 108 Å². The SMILES string of the molecule is Cc1cc(N)c(Cl)cc1OC1CCCCCC1. The van der Waals surface area contributed by atoms with Crippen molar-refractivity contribution in [3.05, 3.63) is 22.7 Å². The molecule has 1 saturated carbocycles. The van der Waals surface area contributed by atoms with Gasteiger partial charge in [0.1, 0.15) is 5.75 Å². The van der Waals surface area contributed by atoms with Crippen LogP contribution in [-0.2, 0) is 0 Å². The van der Waals surface area contributed by atoms with Crippen molar-refractivity contribution in [3.8, 4) is 5.75 Å². The van der Waals surface area contributed by atoms with Gasteiger partial charge in [-0.15, -0.1) is 0 Å². The van der Waals surface area contributed by atoms with Crippen LogP contribution in [0, 0.1) is 6.92 Å². The lowest BCUT2D eigenvalue weighted by Gasteiger charge is -2.19.